The first kappa shape index (κ1) is 15.3. The number of hydrogen-bond donors (Lipinski definition) is 1. The molecule has 0 amide bonds. The van der Waals surface area contributed by atoms with E-state index in [0.717, 1.165) is 6.54 Å². The minimum Gasteiger partial charge on any atom is -0.351 e. The van der Waals surface area contributed by atoms with E-state index in [1.165, 1.54) is 30.6 Å². The first-order valence-corrected chi connectivity index (χ1v) is 7.89. The summed E-state index contributed by atoms with van der Waals surface area (Å²) in [5.41, 5.74) is 1.45. The number of pyridine rings is 1. The Morgan fingerprint density at radius 3 is 2.75 bits per heavy atom. The highest BCUT2D eigenvalue weighted by Crippen LogP contribution is 2.32. The number of aromatic nitrogens is 1. The van der Waals surface area contributed by atoms with E-state index in [4.69, 9.17) is 4.98 Å². The molecule has 1 N–H and O–H groups in total. The molecule has 3 nitrogen and oxygen atoms in total. The van der Waals surface area contributed by atoms with E-state index >= 15 is 0 Å². The molecule has 20 heavy (non-hydrogen) atoms. The Bertz CT molecular complexity index is 436. The third-order valence-corrected chi connectivity index (χ3v) is 4.18. The molecular weight excluding hydrogens is 246 g/mol. The van der Waals surface area contributed by atoms with Crippen LogP contribution in [-0.2, 0) is 6.54 Å². The van der Waals surface area contributed by atoms with Gasteiger partial charge in [-0.1, -0.05) is 13.0 Å². The van der Waals surface area contributed by atoms with Gasteiger partial charge in [-0.15, -0.1) is 0 Å². The van der Waals surface area contributed by atoms with Gasteiger partial charge in [-0.25, -0.2) is 4.98 Å². The molecule has 1 aromatic heterocycles. The van der Waals surface area contributed by atoms with E-state index in [0.29, 0.717) is 12.1 Å². The summed E-state index contributed by atoms with van der Waals surface area (Å²) in [4.78, 5) is 7.24. The van der Waals surface area contributed by atoms with E-state index < -0.39 is 0 Å². The van der Waals surface area contributed by atoms with E-state index in [1.54, 1.807) is 0 Å². The van der Waals surface area contributed by atoms with Crippen LogP contribution in [0.25, 0.3) is 0 Å². The lowest BCUT2D eigenvalue weighted by atomic mass is 10.1. The van der Waals surface area contributed by atoms with Gasteiger partial charge < -0.3 is 10.2 Å². The number of anilines is 1. The third-order valence-electron chi connectivity index (χ3n) is 4.18. The predicted octanol–water partition coefficient (Wildman–Crippen LogP) is 3.74. The molecule has 2 atom stereocenters. The fourth-order valence-electron chi connectivity index (χ4n) is 3.02. The molecule has 0 bridgehead atoms. The van der Waals surface area contributed by atoms with Gasteiger partial charge in [-0.2, -0.15) is 0 Å². The predicted molar refractivity (Wildman–Crippen MR) is 86.1 cm³/mol. The second kappa shape index (κ2) is 6.13. The van der Waals surface area contributed by atoms with Crippen LogP contribution in [0.4, 0.5) is 5.82 Å². The van der Waals surface area contributed by atoms with Crippen molar-refractivity contribution in [1.29, 1.82) is 0 Å². The number of rotatable bonds is 4. The zero-order valence-corrected chi connectivity index (χ0v) is 13.6. The molecule has 2 heterocycles. The van der Waals surface area contributed by atoms with Crippen molar-refractivity contribution < 1.29 is 0 Å². The number of hydrogen-bond acceptors (Lipinski definition) is 3. The van der Waals surface area contributed by atoms with Crippen LogP contribution in [0.3, 0.4) is 0 Å². The molecule has 0 radical (unpaired) electrons. The van der Waals surface area contributed by atoms with E-state index in [1.807, 2.05) is 12.3 Å². The van der Waals surface area contributed by atoms with Crippen molar-refractivity contribution in [1.82, 2.24) is 10.3 Å². The topological polar surface area (TPSA) is 28.2 Å². The standard InChI is InChI=1S/C17H29N3/c1-6-15-10-9-13(2)20(15)16-14(8-7-11-18-16)12-19-17(3,4)5/h7-8,11,13,15,19H,6,9-10,12H2,1-5H3. The van der Waals surface area contributed by atoms with Crippen molar-refractivity contribution >= 4 is 5.82 Å². The smallest absolute Gasteiger partial charge is 0.133 e. The summed E-state index contributed by atoms with van der Waals surface area (Å²) in [6.07, 6.45) is 5.70. The Kier molecular flexibility index (Phi) is 4.69. The van der Waals surface area contributed by atoms with Gasteiger partial charge in [0.25, 0.3) is 0 Å². The van der Waals surface area contributed by atoms with E-state index in [-0.39, 0.29) is 5.54 Å². The van der Waals surface area contributed by atoms with Gasteiger partial charge in [0.15, 0.2) is 0 Å². The molecule has 1 fully saturated rings. The minimum absolute atomic E-state index is 0.133. The van der Waals surface area contributed by atoms with Crippen LogP contribution in [-0.4, -0.2) is 22.6 Å². The lowest BCUT2D eigenvalue weighted by Gasteiger charge is -2.31. The lowest BCUT2D eigenvalue weighted by Crippen LogP contribution is -2.38. The Hall–Kier alpha value is -1.09. The Labute approximate surface area is 123 Å². The molecule has 0 saturated carbocycles. The van der Waals surface area contributed by atoms with Crippen LogP contribution in [0.15, 0.2) is 18.3 Å². The number of nitrogens with one attached hydrogen (secondary N) is 1. The van der Waals surface area contributed by atoms with Gasteiger partial charge >= 0.3 is 0 Å². The van der Waals surface area contributed by atoms with Crippen molar-refractivity contribution in [2.24, 2.45) is 0 Å². The average molecular weight is 275 g/mol. The van der Waals surface area contributed by atoms with Crippen LogP contribution in [0.5, 0.6) is 0 Å². The quantitative estimate of drug-likeness (QED) is 0.907. The second-order valence-electron chi connectivity index (χ2n) is 6.99. The third kappa shape index (κ3) is 3.51. The molecule has 1 aliphatic rings. The lowest BCUT2D eigenvalue weighted by molar-refractivity contribution is 0.423. The molecule has 1 aromatic rings. The van der Waals surface area contributed by atoms with Crippen molar-refractivity contribution in [3.8, 4) is 0 Å². The Morgan fingerprint density at radius 2 is 2.10 bits per heavy atom. The molecule has 0 aliphatic carbocycles. The van der Waals surface area contributed by atoms with Gasteiger partial charge in [0.05, 0.1) is 0 Å². The SMILES string of the molecule is CCC1CCC(C)N1c1ncccc1CNC(C)(C)C. The molecule has 0 spiro atoms. The first-order chi connectivity index (χ1) is 9.42. The van der Waals surface area contributed by atoms with Crippen LogP contribution >= 0.6 is 0 Å². The maximum absolute atomic E-state index is 4.70. The summed E-state index contributed by atoms with van der Waals surface area (Å²) in [6.45, 7) is 12.1. The molecule has 1 aliphatic heterocycles. The molecule has 1 saturated heterocycles. The summed E-state index contributed by atoms with van der Waals surface area (Å²) in [5.74, 6) is 1.18. The van der Waals surface area contributed by atoms with E-state index in [9.17, 15) is 0 Å². The summed E-state index contributed by atoms with van der Waals surface area (Å²) < 4.78 is 0. The maximum atomic E-state index is 4.70. The maximum Gasteiger partial charge on any atom is 0.133 e. The van der Waals surface area contributed by atoms with Gasteiger partial charge in [-0.05, 0) is 53.0 Å². The highest BCUT2D eigenvalue weighted by Gasteiger charge is 2.31. The van der Waals surface area contributed by atoms with Crippen LogP contribution < -0.4 is 10.2 Å². The molecule has 112 valence electrons. The molecule has 2 rings (SSSR count). The Morgan fingerprint density at radius 1 is 1.35 bits per heavy atom. The fraction of sp³-hybridized carbons (Fsp3) is 0.706. The van der Waals surface area contributed by atoms with E-state index in [2.05, 4.69) is 50.9 Å². The normalized spacial score (nSPS) is 23.4. The zero-order chi connectivity index (χ0) is 14.8. The monoisotopic (exact) mass is 275 g/mol. The molecular formula is C17H29N3. The van der Waals surface area contributed by atoms with Crippen molar-refractivity contribution in [2.75, 3.05) is 4.90 Å². The van der Waals surface area contributed by atoms with Gasteiger partial charge in [-0.3, -0.25) is 0 Å². The van der Waals surface area contributed by atoms with Crippen molar-refractivity contribution in [2.45, 2.75) is 78.0 Å². The summed E-state index contributed by atoms with van der Waals surface area (Å²) in [5, 5.41) is 3.58. The summed E-state index contributed by atoms with van der Waals surface area (Å²) >= 11 is 0. The fourth-order valence-corrected chi connectivity index (χ4v) is 3.02. The minimum atomic E-state index is 0.133. The number of nitrogens with zero attached hydrogens (tertiary/aromatic N) is 2. The second-order valence-corrected chi connectivity index (χ2v) is 6.99. The molecule has 2 unspecified atom stereocenters. The van der Waals surface area contributed by atoms with Gasteiger partial charge in [0, 0.05) is 35.9 Å². The van der Waals surface area contributed by atoms with Crippen LogP contribution in [0, 0.1) is 0 Å². The van der Waals surface area contributed by atoms with Crippen molar-refractivity contribution in [3.05, 3.63) is 23.9 Å². The van der Waals surface area contributed by atoms with Crippen LogP contribution in [0.2, 0.25) is 0 Å². The molecule has 0 aromatic carbocycles. The highest BCUT2D eigenvalue weighted by atomic mass is 15.3. The van der Waals surface area contributed by atoms with Crippen molar-refractivity contribution in [3.63, 3.8) is 0 Å². The first-order valence-electron chi connectivity index (χ1n) is 7.89. The van der Waals surface area contributed by atoms with Gasteiger partial charge in [0.2, 0.25) is 0 Å². The largest absolute Gasteiger partial charge is 0.351 e. The average Bonchev–Trinajstić information content (AvgIpc) is 2.77. The molecule has 3 heteroatoms. The zero-order valence-electron chi connectivity index (χ0n) is 13.6. The highest BCUT2D eigenvalue weighted by molar-refractivity contribution is 5.49. The summed E-state index contributed by atoms with van der Waals surface area (Å²) in [7, 11) is 0. The summed E-state index contributed by atoms with van der Waals surface area (Å²) in [6, 6.07) is 5.50. The Balaban J connectivity index is 2.23. The van der Waals surface area contributed by atoms with Gasteiger partial charge in [0.1, 0.15) is 5.82 Å². The van der Waals surface area contributed by atoms with Crippen LogP contribution in [0.1, 0.15) is 59.4 Å².